The van der Waals surface area contributed by atoms with Crippen molar-refractivity contribution in [2.75, 3.05) is 27.2 Å². The number of amides is 1. The average molecular weight is 395 g/mol. The lowest BCUT2D eigenvalue weighted by Crippen LogP contribution is -2.36. The van der Waals surface area contributed by atoms with Crippen molar-refractivity contribution in [2.24, 2.45) is 11.8 Å². The Morgan fingerprint density at radius 2 is 1.90 bits per heavy atom. The summed E-state index contributed by atoms with van der Waals surface area (Å²) in [5.41, 5.74) is 3.34. The van der Waals surface area contributed by atoms with Crippen molar-refractivity contribution in [1.82, 2.24) is 10.2 Å². The summed E-state index contributed by atoms with van der Waals surface area (Å²) in [4.78, 5) is 14.8. The van der Waals surface area contributed by atoms with Crippen LogP contribution >= 0.6 is 0 Å². The molecular weight excluding hydrogens is 360 g/mol. The van der Waals surface area contributed by atoms with Crippen LogP contribution in [0.4, 0.5) is 0 Å². The van der Waals surface area contributed by atoms with Gasteiger partial charge in [0.1, 0.15) is 5.75 Å². The van der Waals surface area contributed by atoms with Gasteiger partial charge in [0, 0.05) is 19.0 Å². The van der Waals surface area contributed by atoms with Crippen molar-refractivity contribution in [1.29, 1.82) is 0 Å². The van der Waals surface area contributed by atoms with E-state index in [4.69, 9.17) is 4.74 Å². The summed E-state index contributed by atoms with van der Waals surface area (Å²) in [6.07, 6.45) is 3.06. The van der Waals surface area contributed by atoms with Crippen LogP contribution in [0.1, 0.15) is 44.7 Å². The van der Waals surface area contributed by atoms with Gasteiger partial charge in [-0.2, -0.15) is 0 Å². The lowest BCUT2D eigenvalue weighted by atomic mass is 9.85. The lowest BCUT2D eigenvalue weighted by molar-refractivity contribution is -0.133. The number of carbonyl (C=O) groups is 1. The van der Waals surface area contributed by atoms with Crippen molar-refractivity contribution in [3.63, 3.8) is 0 Å². The number of benzene rings is 2. The molecule has 0 aromatic heterocycles. The molecule has 3 unspecified atom stereocenters. The molecule has 1 aliphatic heterocycles. The molecule has 0 bridgehead atoms. The SMILES string of the molecule is COc1ccccc1-c1ccc(C(C)N(C)C(=O)CC(C)C2CCCNC2)cc1. The number of nitrogens with one attached hydrogen (secondary N) is 1. The van der Waals surface area contributed by atoms with E-state index in [2.05, 4.69) is 49.5 Å². The van der Waals surface area contributed by atoms with Crippen LogP contribution in [0, 0.1) is 11.8 Å². The maximum absolute atomic E-state index is 12.9. The van der Waals surface area contributed by atoms with Crippen LogP contribution in [0.15, 0.2) is 48.5 Å². The predicted octanol–water partition coefficient (Wildman–Crippen LogP) is 4.91. The maximum Gasteiger partial charge on any atom is 0.223 e. The quantitative estimate of drug-likeness (QED) is 0.726. The molecule has 1 fully saturated rings. The van der Waals surface area contributed by atoms with Crippen LogP contribution in [-0.4, -0.2) is 38.1 Å². The highest BCUT2D eigenvalue weighted by atomic mass is 16.5. The molecule has 3 atom stereocenters. The molecule has 1 heterocycles. The first kappa shape index (κ1) is 21.4. The van der Waals surface area contributed by atoms with Crippen molar-refractivity contribution >= 4 is 5.91 Å². The second-order valence-corrected chi connectivity index (χ2v) is 8.29. The topological polar surface area (TPSA) is 41.6 Å². The van der Waals surface area contributed by atoms with Gasteiger partial charge in [-0.05, 0) is 61.9 Å². The van der Waals surface area contributed by atoms with E-state index in [-0.39, 0.29) is 11.9 Å². The lowest BCUT2D eigenvalue weighted by Gasteiger charge is -2.31. The van der Waals surface area contributed by atoms with Gasteiger partial charge in [0.15, 0.2) is 0 Å². The molecule has 29 heavy (non-hydrogen) atoms. The van der Waals surface area contributed by atoms with E-state index in [9.17, 15) is 4.79 Å². The summed E-state index contributed by atoms with van der Waals surface area (Å²) < 4.78 is 5.48. The number of hydrogen-bond acceptors (Lipinski definition) is 3. The van der Waals surface area contributed by atoms with Crippen molar-refractivity contribution in [3.05, 3.63) is 54.1 Å². The van der Waals surface area contributed by atoms with Crippen molar-refractivity contribution < 1.29 is 9.53 Å². The van der Waals surface area contributed by atoms with Gasteiger partial charge in [0.05, 0.1) is 13.2 Å². The van der Waals surface area contributed by atoms with Gasteiger partial charge >= 0.3 is 0 Å². The molecule has 3 rings (SSSR count). The molecule has 1 N–H and O–H groups in total. The van der Waals surface area contributed by atoms with E-state index in [0.29, 0.717) is 18.3 Å². The number of hydrogen-bond donors (Lipinski definition) is 1. The fourth-order valence-corrected chi connectivity index (χ4v) is 4.21. The number of nitrogens with zero attached hydrogens (tertiary/aromatic N) is 1. The van der Waals surface area contributed by atoms with E-state index >= 15 is 0 Å². The Bertz CT molecular complexity index is 797. The van der Waals surface area contributed by atoms with Crippen LogP contribution in [0.25, 0.3) is 11.1 Å². The van der Waals surface area contributed by atoms with E-state index < -0.39 is 0 Å². The first-order chi connectivity index (χ1) is 14.0. The summed E-state index contributed by atoms with van der Waals surface area (Å²) in [5, 5.41) is 3.46. The molecule has 2 aromatic carbocycles. The van der Waals surface area contributed by atoms with E-state index in [1.165, 1.54) is 12.8 Å². The molecule has 1 aliphatic rings. The third-order valence-corrected chi connectivity index (χ3v) is 6.42. The minimum absolute atomic E-state index is 0.0471. The minimum Gasteiger partial charge on any atom is -0.496 e. The Hall–Kier alpha value is -2.33. The molecule has 0 aliphatic carbocycles. The average Bonchev–Trinajstić information content (AvgIpc) is 2.78. The third-order valence-electron chi connectivity index (χ3n) is 6.42. The first-order valence-electron chi connectivity index (χ1n) is 10.7. The third kappa shape index (κ3) is 5.18. The van der Waals surface area contributed by atoms with E-state index in [1.807, 2.05) is 30.1 Å². The number of methoxy groups -OCH3 is 1. The highest BCUT2D eigenvalue weighted by Crippen LogP contribution is 2.31. The monoisotopic (exact) mass is 394 g/mol. The molecule has 0 saturated carbocycles. The summed E-state index contributed by atoms with van der Waals surface area (Å²) in [7, 11) is 3.62. The van der Waals surface area contributed by atoms with Gasteiger partial charge in [0.25, 0.3) is 0 Å². The Labute approximate surface area is 175 Å². The van der Waals surface area contributed by atoms with Gasteiger partial charge in [-0.1, -0.05) is 49.4 Å². The van der Waals surface area contributed by atoms with E-state index in [0.717, 1.165) is 35.5 Å². The summed E-state index contributed by atoms with van der Waals surface area (Å²) >= 11 is 0. The van der Waals surface area contributed by atoms with Crippen LogP contribution in [0.3, 0.4) is 0 Å². The molecule has 0 spiro atoms. The van der Waals surface area contributed by atoms with Gasteiger partial charge in [-0.25, -0.2) is 0 Å². The molecule has 1 amide bonds. The summed E-state index contributed by atoms with van der Waals surface area (Å²) in [6, 6.07) is 16.5. The summed E-state index contributed by atoms with van der Waals surface area (Å²) in [5.74, 6) is 2.12. The smallest absolute Gasteiger partial charge is 0.223 e. The van der Waals surface area contributed by atoms with E-state index in [1.54, 1.807) is 7.11 Å². The number of rotatable bonds is 7. The molecule has 4 nitrogen and oxygen atoms in total. The summed E-state index contributed by atoms with van der Waals surface area (Å²) in [6.45, 7) is 6.47. The fraction of sp³-hybridized carbons (Fsp3) is 0.480. The Morgan fingerprint density at radius 1 is 1.17 bits per heavy atom. The first-order valence-corrected chi connectivity index (χ1v) is 10.7. The molecule has 4 heteroatoms. The van der Waals surface area contributed by atoms with Gasteiger partial charge in [0.2, 0.25) is 5.91 Å². The normalized spacial score (nSPS) is 18.7. The number of ether oxygens (including phenoxy) is 1. The fourth-order valence-electron chi connectivity index (χ4n) is 4.21. The zero-order valence-corrected chi connectivity index (χ0v) is 18.2. The Morgan fingerprint density at radius 3 is 2.55 bits per heavy atom. The van der Waals surface area contributed by atoms with Gasteiger partial charge < -0.3 is 15.0 Å². The standard InChI is InChI=1S/C25H34N2O2/c1-18(22-8-7-15-26-17-22)16-25(28)27(3)19(2)20-11-13-21(14-12-20)23-9-5-6-10-24(23)29-4/h5-6,9-14,18-19,22,26H,7-8,15-17H2,1-4H3. The molecular formula is C25H34N2O2. The van der Waals surface area contributed by atoms with Crippen LogP contribution in [0.2, 0.25) is 0 Å². The van der Waals surface area contributed by atoms with Crippen molar-refractivity contribution in [3.8, 4) is 16.9 Å². The second kappa shape index (κ2) is 9.93. The van der Waals surface area contributed by atoms with Crippen LogP contribution < -0.4 is 10.1 Å². The Balaban J connectivity index is 1.64. The highest BCUT2D eigenvalue weighted by Gasteiger charge is 2.25. The molecule has 0 radical (unpaired) electrons. The highest BCUT2D eigenvalue weighted by molar-refractivity contribution is 5.77. The minimum atomic E-state index is 0.0471. The molecule has 156 valence electrons. The number of piperidine rings is 1. The predicted molar refractivity (Wildman–Crippen MR) is 119 cm³/mol. The Kier molecular flexibility index (Phi) is 7.32. The molecule has 2 aromatic rings. The number of carbonyl (C=O) groups excluding carboxylic acids is 1. The van der Waals surface area contributed by atoms with Crippen LogP contribution in [0.5, 0.6) is 5.75 Å². The zero-order valence-electron chi connectivity index (χ0n) is 18.2. The number of para-hydroxylation sites is 1. The van der Waals surface area contributed by atoms with Crippen LogP contribution in [-0.2, 0) is 4.79 Å². The molecule has 1 saturated heterocycles. The zero-order chi connectivity index (χ0) is 20.8. The second-order valence-electron chi connectivity index (χ2n) is 8.29. The maximum atomic E-state index is 12.9. The van der Waals surface area contributed by atoms with Crippen molar-refractivity contribution in [2.45, 2.75) is 39.2 Å². The van der Waals surface area contributed by atoms with Gasteiger partial charge in [-0.3, -0.25) is 4.79 Å². The largest absolute Gasteiger partial charge is 0.496 e. The van der Waals surface area contributed by atoms with Gasteiger partial charge in [-0.15, -0.1) is 0 Å².